The summed E-state index contributed by atoms with van der Waals surface area (Å²) in [6.07, 6.45) is 8.68. The third kappa shape index (κ3) is 5.85. The number of amides is 2. The second-order valence-electron chi connectivity index (χ2n) is 9.15. The highest BCUT2D eigenvalue weighted by atomic mass is 19.1. The van der Waals surface area contributed by atoms with Crippen molar-refractivity contribution < 1.29 is 18.7 Å². The highest BCUT2D eigenvalue weighted by Crippen LogP contribution is 2.32. The molecule has 4 rings (SSSR count). The molecule has 184 valence electrons. The molecule has 1 aromatic carbocycles. The third-order valence-electron chi connectivity index (χ3n) is 6.78. The lowest BCUT2D eigenvalue weighted by atomic mass is 9.88. The van der Waals surface area contributed by atoms with Crippen LogP contribution < -0.4 is 21.7 Å². The first-order valence-corrected chi connectivity index (χ1v) is 12.0. The molecule has 9 nitrogen and oxygen atoms in total. The summed E-state index contributed by atoms with van der Waals surface area (Å²) < 4.78 is 20.7. The second kappa shape index (κ2) is 10.9. The Bertz CT molecular complexity index is 989. The van der Waals surface area contributed by atoms with Gasteiger partial charge in [-0.1, -0.05) is 19.3 Å². The zero-order valence-electron chi connectivity index (χ0n) is 19.4. The van der Waals surface area contributed by atoms with Gasteiger partial charge >= 0.3 is 6.09 Å². The van der Waals surface area contributed by atoms with Crippen LogP contribution in [0.4, 0.5) is 20.7 Å². The molecule has 0 radical (unpaired) electrons. The highest BCUT2D eigenvalue weighted by molar-refractivity contribution is 5.98. The molecule has 2 fully saturated rings. The van der Waals surface area contributed by atoms with Crippen LogP contribution in [0.15, 0.2) is 30.5 Å². The summed E-state index contributed by atoms with van der Waals surface area (Å²) in [4.78, 5) is 24.4. The molecule has 0 bridgehead atoms. The molecular formula is C24H33FN6O3. The van der Waals surface area contributed by atoms with Gasteiger partial charge in [0.05, 0.1) is 6.04 Å². The molecule has 3 atom stereocenters. The number of hydrogen-bond donors (Lipinski definition) is 4. The van der Waals surface area contributed by atoms with Gasteiger partial charge in [0.2, 0.25) is 0 Å². The topological polar surface area (TPSA) is 123 Å². The van der Waals surface area contributed by atoms with E-state index in [0.717, 1.165) is 25.7 Å². The maximum atomic E-state index is 13.2. The summed E-state index contributed by atoms with van der Waals surface area (Å²) in [6.45, 7) is 0. The highest BCUT2D eigenvalue weighted by Gasteiger charge is 2.34. The number of likely N-dealkylation sites (N-methyl/N-ethyl adjacent to an activating group) is 1. The van der Waals surface area contributed by atoms with Gasteiger partial charge in [0.15, 0.2) is 5.82 Å². The maximum absolute atomic E-state index is 13.2. The quantitative estimate of drug-likeness (QED) is 0.488. The van der Waals surface area contributed by atoms with Gasteiger partial charge in [-0.2, -0.15) is 5.10 Å². The summed E-state index contributed by atoms with van der Waals surface area (Å²) in [5.74, 6) is -0.637. The van der Waals surface area contributed by atoms with Crippen LogP contribution in [-0.2, 0) is 4.74 Å². The van der Waals surface area contributed by atoms with E-state index in [4.69, 9.17) is 10.5 Å². The Balaban J connectivity index is 1.41. The van der Waals surface area contributed by atoms with E-state index in [1.54, 1.807) is 23.0 Å². The lowest BCUT2D eigenvalue weighted by Crippen LogP contribution is -2.45. The normalized spacial score (nSPS) is 23.3. The summed E-state index contributed by atoms with van der Waals surface area (Å²) in [5.41, 5.74) is 6.44. The number of hydrogen-bond acceptors (Lipinski definition) is 6. The molecule has 1 aromatic heterocycles. The zero-order valence-corrected chi connectivity index (χ0v) is 19.4. The van der Waals surface area contributed by atoms with Crippen molar-refractivity contribution in [1.29, 1.82) is 0 Å². The van der Waals surface area contributed by atoms with Crippen LogP contribution >= 0.6 is 0 Å². The Kier molecular flexibility index (Phi) is 7.66. The number of alkyl carbamates (subject to hydrolysis) is 1. The minimum atomic E-state index is -0.603. The first kappa shape index (κ1) is 24.0. The third-order valence-corrected chi connectivity index (χ3v) is 6.78. The molecule has 0 unspecified atom stereocenters. The SMILES string of the molecule is CN[C@H]1C[C@H](OC(=O)NC2CCCCC2)CC[C@@H]1n1cc(C(N)=O)c(Nc2ccc(F)cc2)n1. The van der Waals surface area contributed by atoms with Crippen molar-refractivity contribution in [2.24, 2.45) is 5.73 Å². The van der Waals surface area contributed by atoms with Crippen LogP contribution in [-0.4, -0.2) is 47.0 Å². The van der Waals surface area contributed by atoms with E-state index in [1.165, 1.54) is 18.6 Å². The number of nitrogens with zero attached hydrogens (tertiary/aromatic N) is 2. The number of nitrogens with one attached hydrogen (secondary N) is 3. The molecule has 2 aliphatic carbocycles. The Morgan fingerprint density at radius 1 is 1.12 bits per heavy atom. The lowest BCUT2D eigenvalue weighted by molar-refractivity contribution is 0.0490. The monoisotopic (exact) mass is 472 g/mol. The first-order valence-electron chi connectivity index (χ1n) is 12.0. The summed E-state index contributed by atoms with van der Waals surface area (Å²) in [6, 6.07) is 5.93. The van der Waals surface area contributed by atoms with Gasteiger partial charge in [-0.3, -0.25) is 9.48 Å². The number of anilines is 2. The fourth-order valence-electron chi connectivity index (χ4n) is 4.95. The number of halogens is 1. The number of benzene rings is 1. The number of nitrogens with two attached hydrogens (primary N) is 1. The molecule has 2 aromatic rings. The Labute approximate surface area is 198 Å². The van der Waals surface area contributed by atoms with Crippen LogP contribution in [0.3, 0.4) is 0 Å². The van der Waals surface area contributed by atoms with Gasteiger partial charge in [-0.05, 0) is 57.0 Å². The standard InChI is InChI=1S/C24H33FN6O3/c1-27-20-13-18(34-24(33)29-16-5-3-2-4-6-16)11-12-21(20)31-14-19(22(26)32)23(30-31)28-17-9-7-15(25)8-10-17/h7-10,14,16,18,20-21,27H,2-6,11-13H2,1H3,(H2,26,32)(H,28,30)(H,29,33)/t18-,20+,21+/m1/s1. The maximum Gasteiger partial charge on any atom is 0.407 e. The molecule has 0 aliphatic heterocycles. The number of ether oxygens (including phenoxy) is 1. The van der Waals surface area contributed by atoms with E-state index in [2.05, 4.69) is 21.0 Å². The first-order chi connectivity index (χ1) is 16.4. The number of carbonyl (C=O) groups is 2. The van der Waals surface area contributed by atoms with Crippen molar-refractivity contribution in [3.8, 4) is 0 Å². The molecule has 5 N–H and O–H groups in total. The number of carbonyl (C=O) groups excluding carboxylic acids is 2. The van der Waals surface area contributed by atoms with Gasteiger partial charge < -0.3 is 26.4 Å². The van der Waals surface area contributed by atoms with E-state index < -0.39 is 5.91 Å². The van der Waals surface area contributed by atoms with Crippen molar-refractivity contribution >= 4 is 23.5 Å². The van der Waals surface area contributed by atoms with Crippen molar-refractivity contribution in [3.63, 3.8) is 0 Å². The molecule has 34 heavy (non-hydrogen) atoms. The van der Waals surface area contributed by atoms with E-state index in [1.807, 2.05) is 7.05 Å². The largest absolute Gasteiger partial charge is 0.446 e. The van der Waals surface area contributed by atoms with Gasteiger partial charge in [-0.15, -0.1) is 0 Å². The lowest BCUT2D eigenvalue weighted by Gasteiger charge is -2.36. The molecule has 1 heterocycles. The van der Waals surface area contributed by atoms with Gasteiger partial charge in [0.1, 0.15) is 17.5 Å². The molecule has 10 heteroatoms. The molecule has 2 saturated carbocycles. The van der Waals surface area contributed by atoms with E-state index in [0.29, 0.717) is 30.8 Å². The van der Waals surface area contributed by atoms with E-state index >= 15 is 0 Å². The van der Waals surface area contributed by atoms with Crippen LogP contribution in [0.2, 0.25) is 0 Å². The second-order valence-corrected chi connectivity index (χ2v) is 9.15. The van der Waals surface area contributed by atoms with Crippen molar-refractivity contribution in [1.82, 2.24) is 20.4 Å². The Morgan fingerprint density at radius 3 is 2.53 bits per heavy atom. The van der Waals surface area contributed by atoms with Crippen molar-refractivity contribution in [2.75, 3.05) is 12.4 Å². The molecule has 0 spiro atoms. The molecular weight excluding hydrogens is 439 g/mol. The van der Waals surface area contributed by atoms with Crippen molar-refractivity contribution in [2.45, 2.75) is 75.6 Å². The smallest absolute Gasteiger partial charge is 0.407 e. The fourth-order valence-corrected chi connectivity index (χ4v) is 4.95. The Morgan fingerprint density at radius 2 is 1.85 bits per heavy atom. The van der Waals surface area contributed by atoms with Crippen LogP contribution in [0.1, 0.15) is 67.8 Å². The number of aromatic nitrogens is 2. The number of primary amides is 1. The molecule has 2 aliphatic rings. The Hall–Kier alpha value is -3.14. The molecule has 2 amide bonds. The zero-order chi connectivity index (χ0) is 24.1. The summed E-state index contributed by atoms with van der Waals surface area (Å²) in [7, 11) is 1.86. The predicted octanol–water partition coefficient (Wildman–Crippen LogP) is 3.61. The van der Waals surface area contributed by atoms with Crippen molar-refractivity contribution in [3.05, 3.63) is 41.8 Å². The van der Waals surface area contributed by atoms with E-state index in [-0.39, 0.29) is 41.7 Å². The predicted molar refractivity (Wildman–Crippen MR) is 126 cm³/mol. The fraction of sp³-hybridized carbons (Fsp3) is 0.542. The summed E-state index contributed by atoms with van der Waals surface area (Å²) >= 11 is 0. The van der Waals surface area contributed by atoms with Gasteiger partial charge in [-0.25, -0.2) is 9.18 Å². The van der Waals surface area contributed by atoms with Crippen LogP contribution in [0.25, 0.3) is 0 Å². The number of rotatable bonds is 7. The van der Waals surface area contributed by atoms with Gasteiger partial charge in [0, 0.05) is 30.4 Å². The average Bonchev–Trinajstić information content (AvgIpc) is 3.25. The summed E-state index contributed by atoms with van der Waals surface area (Å²) in [5, 5.41) is 13.9. The van der Waals surface area contributed by atoms with E-state index in [9.17, 15) is 14.0 Å². The average molecular weight is 473 g/mol. The van der Waals surface area contributed by atoms with Gasteiger partial charge in [0.25, 0.3) is 5.91 Å². The minimum absolute atomic E-state index is 0.0134. The minimum Gasteiger partial charge on any atom is -0.446 e. The molecule has 0 saturated heterocycles. The van der Waals surface area contributed by atoms with Crippen LogP contribution in [0.5, 0.6) is 0 Å². The van der Waals surface area contributed by atoms with Crippen LogP contribution in [0, 0.1) is 5.82 Å².